The molecule has 5 heteroatoms. The Balaban J connectivity index is 2.16. The lowest BCUT2D eigenvalue weighted by molar-refractivity contribution is -0.136. The maximum atomic E-state index is 10.6. The van der Waals surface area contributed by atoms with Gasteiger partial charge in [-0.1, -0.05) is 23.9 Å². The normalized spacial score (nSPS) is 9.84. The molecule has 1 aromatic heterocycles. The van der Waals surface area contributed by atoms with E-state index < -0.39 is 5.97 Å². The molecule has 0 aliphatic carbocycles. The molecule has 2 rings (SSSR count). The summed E-state index contributed by atoms with van der Waals surface area (Å²) in [5, 5.41) is 17.6. The van der Waals surface area contributed by atoms with E-state index in [-0.39, 0.29) is 6.42 Å². The van der Waals surface area contributed by atoms with Crippen LogP contribution in [-0.2, 0) is 11.2 Å². The van der Waals surface area contributed by atoms with E-state index in [1.807, 2.05) is 24.3 Å². The maximum absolute atomic E-state index is 10.6. The number of carboxylic acids is 1. The summed E-state index contributed by atoms with van der Waals surface area (Å²) in [5.41, 5.74) is 1.14. The van der Waals surface area contributed by atoms with Gasteiger partial charge in [0, 0.05) is 16.0 Å². The van der Waals surface area contributed by atoms with Crippen LogP contribution in [0.15, 0.2) is 52.4 Å². The van der Waals surface area contributed by atoms with Crippen molar-refractivity contribution in [1.29, 1.82) is 5.26 Å². The van der Waals surface area contributed by atoms with E-state index in [1.165, 1.54) is 11.8 Å². The van der Waals surface area contributed by atoms with E-state index in [0.717, 1.165) is 15.4 Å². The molecule has 0 saturated heterocycles. The first-order valence-corrected chi connectivity index (χ1v) is 6.34. The monoisotopic (exact) mass is 270 g/mol. The number of aromatic nitrogens is 1. The molecule has 1 N–H and O–H groups in total. The van der Waals surface area contributed by atoms with Crippen LogP contribution < -0.4 is 0 Å². The summed E-state index contributed by atoms with van der Waals surface area (Å²) in [6.45, 7) is 0. The van der Waals surface area contributed by atoms with Crippen molar-refractivity contribution in [2.24, 2.45) is 0 Å². The summed E-state index contributed by atoms with van der Waals surface area (Å²) in [7, 11) is 0. The second-order valence-electron chi connectivity index (χ2n) is 3.78. The van der Waals surface area contributed by atoms with Crippen LogP contribution in [0.5, 0.6) is 0 Å². The van der Waals surface area contributed by atoms with Gasteiger partial charge in [0.15, 0.2) is 5.69 Å². The van der Waals surface area contributed by atoms with Gasteiger partial charge in [0.1, 0.15) is 6.07 Å². The third-order valence-corrected chi connectivity index (χ3v) is 3.44. The molecule has 19 heavy (non-hydrogen) atoms. The molecule has 1 aromatic carbocycles. The maximum Gasteiger partial charge on any atom is 0.307 e. The lowest BCUT2D eigenvalue weighted by atomic mass is 10.2. The predicted octanol–water partition coefficient (Wildman–Crippen LogP) is 2.73. The average Bonchev–Trinajstić information content (AvgIpc) is 2.41. The van der Waals surface area contributed by atoms with E-state index in [0.29, 0.717) is 5.69 Å². The molecule has 1 heterocycles. The number of pyridine rings is 1. The number of nitrogens with zero attached hydrogens (tertiary/aromatic N) is 2. The Morgan fingerprint density at radius 3 is 2.68 bits per heavy atom. The minimum atomic E-state index is -0.848. The van der Waals surface area contributed by atoms with Gasteiger partial charge in [-0.3, -0.25) is 4.79 Å². The fourth-order valence-electron chi connectivity index (χ4n) is 1.53. The van der Waals surface area contributed by atoms with Crippen molar-refractivity contribution in [1.82, 2.24) is 4.98 Å². The smallest absolute Gasteiger partial charge is 0.307 e. The fourth-order valence-corrected chi connectivity index (χ4v) is 2.40. The van der Waals surface area contributed by atoms with E-state index in [2.05, 4.69) is 4.98 Å². The van der Waals surface area contributed by atoms with Gasteiger partial charge < -0.3 is 5.11 Å². The first kappa shape index (κ1) is 13.1. The van der Waals surface area contributed by atoms with Crippen molar-refractivity contribution in [3.8, 4) is 6.07 Å². The number of hydrogen-bond donors (Lipinski definition) is 1. The first-order chi connectivity index (χ1) is 9.19. The highest BCUT2D eigenvalue weighted by atomic mass is 32.2. The van der Waals surface area contributed by atoms with Crippen molar-refractivity contribution < 1.29 is 9.90 Å². The number of rotatable bonds is 4. The molecule has 0 saturated carbocycles. The van der Waals surface area contributed by atoms with Crippen molar-refractivity contribution in [2.75, 3.05) is 0 Å². The summed E-state index contributed by atoms with van der Waals surface area (Å²) in [6, 6.07) is 12.9. The number of hydrogen-bond acceptors (Lipinski definition) is 4. The minimum absolute atomic E-state index is 0.0152. The van der Waals surface area contributed by atoms with E-state index in [4.69, 9.17) is 10.4 Å². The lowest BCUT2D eigenvalue weighted by Crippen LogP contribution is -1.99. The third-order valence-electron chi connectivity index (χ3n) is 2.38. The highest BCUT2D eigenvalue weighted by Gasteiger charge is 2.05. The molecule has 0 atom stereocenters. The third kappa shape index (κ3) is 3.57. The summed E-state index contributed by atoms with van der Waals surface area (Å²) in [4.78, 5) is 16.3. The van der Waals surface area contributed by atoms with Crippen molar-refractivity contribution in [2.45, 2.75) is 16.2 Å². The zero-order valence-electron chi connectivity index (χ0n) is 9.91. The lowest BCUT2D eigenvalue weighted by Gasteiger charge is -2.04. The molecular formula is C14H10N2O2S. The summed E-state index contributed by atoms with van der Waals surface area (Å²) in [6.07, 6.45) is 1.60. The van der Waals surface area contributed by atoms with E-state index in [9.17, 15) is 4.79 Å². The Morgan fingerprint density at radius 1 is 1.32 bits per heavy atom. The second kappa shape index (κ2) is 6.03. The SMILES string of the molecule is N#Cc1ncccc1Sc1ccc(CC(=O)O)cc1. The summed E-state index contributed by atoms with van der Waals surface area (Å²) < 4.78 is 0. The molecule has 0 fully saturated rings. The molecule has 0 amide bonds. The van der Waals surface area contributed by atoms with Crippen LogP contribution in [0.3, 0.4) is 0 Å². The van der Waals surface area contributed by atoms with Gasteiger partial charge in [-0.25, -0.2) is 4.98 Å². The van der Waals surface area contributed by atoms with Gasteiger partial charge in [0.05, 0.1) is 6.42 Å². The number of nitriles is 1. The standard InChI is InChI=1S/C14H10N2O2S/c15-9-12-13(2-1-7-16-12)19-11-5-3-10(4-6-11)8-14(17)18/h1-7H,8H2,(H,17,18). The van der Waals surface area contributed by atoms with Crippen LogP contribution in [0.25, 0.3) is 0 Å². The van der Waals surface area contributed by atoms with Gasteiger partial charge in [0.25, 0.3) is 0 Å². The van der Waals surface area contributed by atoms with Crippen LogP contribution in [0.2, 0.25) is 0 Å². The van der Waals surface area contributed by atoms with Crippen LogP contribution in [-0.4, -0.2) is 16.1 Å². The van der Waals surface area contributed by atoms with Gasteiger partial charge in [-0.05, 0) is 29.8 Å². The number of benzene rings is 1. The molecular weight excluding hydrogens is 260 g/mol. The summed E-state index contributed by atoms with van der Waals surface area (Å²) >= 11 is 1.43. The highest BCUT2D eigenvalue weighted by Crippen LogP contribution is 2.29. The van der Waals surface area contributed by atoms with Crippen LogP contribution in [0.1, 0.15) is 11.3 Å². The Labute approximate surface area is 114 Å². The van der Waals surface area contributed by atoms with Crippen molar-refractivity contribution >= 4 is 17.7 Å². The zero-order valence-corrected chi connectivity index (χ0v) is 10.7. The molecule has 0 spiro atoms. The topological polar surface area (TPSA) is 74.0 Å². The van der Waals surface area contributed by atoms with Crippen LogP contribution >= 0.6 is 11.8 Å². The Kier molecular flexibility index (Phi) is 4.16. The molecule has 0 aliphatic rings. The zero-order chi connectivity index (χ0) is 13.7. The van der Waals surface area contributed by atoms with Gasteiger partial charge in [-0.2, -0.15) is 5.26 Å². The van der Waals surface area contributed by atoms with Crippen molar-refractivity contribution in [3.05, 3.63) is 53.9 Å². The molecule has 94 valence electrons. The van der Waals surface area contributed by atoms with Gasteiger partial charge in [-0.15, -0.1) is 0 Å². The van der Waals surface area contributed by atoms with Crippen LogP contribution in [0.4, 0.5) is 0 Å². The van der Waals surface area contributed by atoms with Crippen LogP contribution in [0, 0.1) is 11.3 Å². The van der Waals surface area contributed by atoms with E-state index >= 15 is 0 Å². The number of carboxylic acid groups (broad SMARTS) is 1. The quantitative estimate of drug-likeness (QED) is 0.924. The average molecular weight is 270 g/mol. The largest absolute Gasteiger partial charge is 0.481 e. The Bertz CT molecular complexity index is 633. The number of carbonyl (C=O) groups is 1. The molecule has 0 bridgehead atoms. The molecule has 2 aromatic rings. The van der Waals surface area contributed by atoms with Crippen molar-refractivity contribution in [3.63, 3.8) is 0 Å². The van der Waals surface area contributed by atoms with E-state index in [1.54, 1.807) is 24.4 Å². The highest BCUT2D eigenvalue weighted by molar-refractivity contribution is 7.99. The second-order valence-corrected chi connectivity index (χ2v) is 4.89. The fraction of sp³-hybridized carbons (Fsp3) is 0.0714. The molecule has 0 aliphatic heterocycles. The first-order valence-electron chi connectivity index (χ1n) is 5.53. The number of aliphatic carboxylic acids is 1. The predicted molar refractivity (Wildman–Crippen MR) is 70.9 cm³/mol. The Morgan fingerprint density at radius 2 is 2.05 bits per heavy atom. The molecule has 4 nitrogen and oxygen atoms in total. The van der Waals surface area contributed by atoms with Gasteiger partial charge in [0.2, 0.25) is 0 Å². The Hall–Kier alpha value is -2.32. The minimum Gasteiger partial charge on any atom is -0.481 e. The van der Waals surface area contributed by atoms with Gasteiger partial charge >= 0.3 is 5.97 Å². The molecule has 0 radical (unpaired) electrons. The molecule has 0 unspecified atom stereocenters. The summed E-state index contributed by atoms with van der Waals surface area (Å²) in [5.74, 6) is -0.848.